The second-order valence-electron chi connectivity index (χ2n) is 5.26. The van der Waals surface area contributed by atoms with Crippen molar-refractivity contribution < 1.29 is 4.79 Å². The van der Waals surface area contributed by atoms with Gasteiger partial charge in [0.2, 0.25) is 0 Å². The maximum absolute atomic E-state index is 10.7. The minimum absolute atomic E-state index is 0.158. The summed E-state index contributed by atoms with van der Waals surface area (Å²) in [5, 5.41) is 9.07. The minimum Gasteiger partial charge on any atom is -0.387 e. The lowest BCUT2D eigenvalue weighted by Gasteiger charge is -2.03. The van der Waals surface area contributed by atoms with Crippen molar-refractivity contribution in [2.45, 2.75) is 25.8 Å². The average molecular weight is 399 g/mol. The number of nitrogens with one attached hydrogen (secondary N) is 1. The van der Waals surface area contributed by atoms with E-state index in [1.165, 1.54) is 5.56 Å². The number of nitrogen functional groups attached to an aromatic ring is 1. The number of pyridine rings is 1. The molecule has 0 spiro atoms. The molecule has 0 aliphatic carbocycles. The molecule has 0 saturated carbocycles. The van der Waals surface area contributed by atoms with E-state index < -0.39 is 0 Å². The maximum Gasteiger partial charge on any atom is 0.172 e. The van der Waals surface area contributed by atoms with Crippen molar-refractivity contribution in [3.63, 3.8) is 0 Å². The van der Waals surface area contributed by atoms with Crippen LogP contribution in [0.1, 0.15) is 29.9 Å². The molecule has 3 rings (SSSR count). The van der Waals surface area contributed by atoms with Crippen LogP contribution in [0.3, 0.4) is 0 Å². The van der Waals surface area contributed by atoms with Crippen LogP contribution < -0.4 is 16.2 Å². The van der Waals surface area contributed by atoms with Crippen LogP contribution in [0.4, 0.5) is 11.5 Å². The predicted octanol–water partition coefficient (Wildman–Crippen LogP) is 3.96. The van der Waals surface area contributed by atoms with E-state index in [4.69, 9.17) is 10.9 Å². The zero-order chi connectivity index (χ0) is 20.9. The normalized spacial score (nSPS) is 9.32. The summed E-state index contributed by atoms with van der Waals surface area (Å²) in [6.07, 6.45) is 3.92. The first-order valence-corrected chi connectivity index (χ1v) is 9.60. The van der Waals surface area contributed by atoms with Crippen LogP contribution >= 0.6 is 11.9 Å². The summed E-state index contributed by atoms with van der Waals surface area (Å²) >= 11 is 1.15. The molecule has 0 aliphatic rings. The number of hydrogen-bond acceptors (Lipinski definition) is 8. The van der Waals surface area contributed by atoms with Crippen LogP contribution in [-0.2, 0) is 0 Å². The van der Waals surface area contributed by atoms with Crippen molar-refractivity contribution in [3.05, 3.63) is 60.0 Å². The number of nitrogens with two attached hydrogens (primary N) is 2. The van der Waals surface area contributed by atoms with Crippen LogP contribution in [0.2, 0.25) is 0 Å². The zero-order valence-electron chi connectivity index (χ0n) is 16.5. The average Bonchev–Trinajstić information content (AvgIpc) is 2.76. The lowest BCUT2D eigenvalue weighted by molar-refractivity contribution is 0.111. The van der Waals surface area contributed by atoms with Crippen LogP contribution in [-0.4, -0.2) is 28.3 Å². The monoisotopic (exact) mass is 398 g/mol. The molecule has 0 unspecified atom stereocenters. The summed E-state index contributed by atoms with van der Waals surface area (Å²) in [6.45, 7) is 6.01. The van der Waals surface area contributed by atoms with Gasteiger partial charge in [-0.1, -0.05) is 43.7 Å². The molecule has 8 heteroatoms. The predicted molar refractivity (Wildman–Crippen MR) is 117 cm³/mol. The fourth-order valence-corrected chi connectivity index (χ4v) is 2.22. The Balaban J connectivity index is 0.000000281. The highest BCUT2D eigenvalue weighted by Crippen LogP contribution is 2.18. The Labute approximate surface area is 170 Å². The van der Waals surface area contributed by atoms with Crippen molar-refractivity contribution in [2.75, 3.05) is 18.1 Å². The highest BCUT2D eigenvalue weighted by molar-refractivity contribution is 7.97. The SMILES string of the molecule is CC.CNc1ccc(SN)nc1.Cc1ccc(-c2cnc(N)c(C=O)n2)cc1. The van der Waals surface area contributed by atoms with Crippen molar-refractivity contribution in [1.82, 2.24) is 15.0 Å². The van der Waals surface area contributed by atoms with Gasteiger partial charge in [-0.3, -0.25) is 9.93 Å². The number of aldehydes is 1. The summed E-state index contributed by atoms with van der Waals surface area (Å²) in [7, 11) is 1.85. The zero-order valence-corrected chi connectivity index (χ0v) is 17.3. The lowest BCUT2D eigenvalue weighted by atomic mass is 10.1. The Morgan fingerprint density at radius 1 is 1.04 bits per heavy atom. The molecule has 0 amide bonds. The van der Waals surface area contributed by atoms with E-state index in [-0.39, 0.29) is 11.5 Å². The minimum atomic E-state index is 0.158. The summed E-state index contributed by atoms with van der Waals surface area (Å²) in [5.41, 5.74) is 9.41. The molecule has 3 aromatic rings. The number of rotatable bonds is 4. The second-order valence-corrected chi connectivity index (χ2v) is 5.92. The number of hydrogen-bond donors (Lipinski definition) is 3. The number of benzene rings is 1. The van der Waals surface area contributed by atoms with Crippen LogP contribution in [0.15, 0.2) is 53.8 Å². The molecule has 0 saturated heterocycles. The molecule has 0 bridgehead atoms. The van der Waals surface area contributed by atoms with E-state index in [1.54, 1.807) is 12.4 Å². The molecule has 0 aliphatic heterocycles. The van der Waals surface area contributed by atoms with Gasteiger partial charge in [-0.25, -0.2) is 15.0 Å². The molecule has 2 heterocycles. The first kappa shape index (κ1) is 23.1. The summed E-state index contributed by atoms with van der Waals surface area (Å²) in [5.74, 6) is 0.158. The molecule has 0 atom stereocenters. The van der Waals surface area contributed by atoms with Crippen molar-refractivity contribution >= 4 is 29.7 Å². The Morgan fingerprint density at radius 2 is 1.71 bits per heavy atom. The topological polar surface area (TPSA) is 120 Å². The van der Waals surface area contributed by atoms with E-state index in [1.807, 2.05) is 64.2 Å². The first-order valence-electron chi connectivity index (χ1n) is 8.72. The third-order valence-corrected chi connectivity index (χ3v) is 3.92. The molecule has 1 aromatic carbocycles. The van der Waals surface area contributed by atoms with Gasteiger partial charge in [0, 0.05) is 12.6 Å². The van der Waals surface area contributed by atoms with Gasteiger partial charge in [0.25, 0.3) is 0 Å². The summed E-state index contributed by atoms with van der Waals surface area (Å²) < 4.78 is 0. The molecule has 0 radical (unpaired) electrons. The molecular formula is C20H26N6OS. The number of anilines is 2. The molecule has 28 heavy (non-hydrogen) atoms. The second kappa shape index (κ2) is 12.4. The van der Waals surface area contributed by atoms with Crippen LogP contribution in [0, 0.1) is 6.92 Å². The van der Waals surface area contributed by atoms with E-state index >= 15 is 0 Å². The molecular weight excluding hydrogens is 372 g/mol. The number of aryl methyl sites for hydroxylation is 1. The van der Waals surface area contributed by atoms with E-state index in [0.717, 1.165) is 28.2 Å². The number of nitrogens with zero attached hydrogens (tertiary/aromatic N) is 3. The quantitative estimate of drug-likeness (QED) is 0.446. The van der Waals surface area contributed by atoms with E-state index in [9.17, 15) is 4.79 Å². The number of carbonyl (C=O) groups is 1. The van der Waals surface area contributed by atoms with Gasteiger partial charge in [-0.2, -0.15) is 0 Å². The van der Waals surface area contributed by atoms with E-state index in [0.29, 0.717) is 12.0 Å². The summed E-state index contributed by atoms with van der Waals surface area (Å²) in [6, 6.07) is 11.6. The van der Waals surface area contributed by atoms with Gasteiger partial charge in [-0.15, -0.1) is 0 Å². The highest BCUT2D eigenvalue weighted by atomic mass is 32.2. The van der Waals surface area contributed by atoms with Gasteiger partial charge in [0.1, 0.15) is 10.7 Å². The maximum atomic E-state index is 10.7. The Hall–Kier alpha value is -2.97. The fraction of sp³-hybridized carbons (Fsp3) is 0.200. The molecule has 5 N–H and O–H groups in total. The Bertz CT molecular complexity index is 831. The highest BCUT2D eigenvalue weighted by Gasteiger charge is 2.05. The van der Waals surface area contributed by atoms with Gasteiger partial charge in [-0.05, 0) is 31.0 Å². The van der Waals surface area contributed by atoms with Crippen molar-refractivity contribution in [2.24, 2.45) is 5.14 Å². The van der Waals surface area contributed by atoms with Gasteiger partial charge < -0.3 is 11.1 Å². The van der Waals surface area contributed by atoms with Crippen LogP contribution in [0.5, 0.6) is 0 Å². The molecule has 2 aromatic heterocycles. The number of carbonyl (C=O) groups excluding carboxylic acids is 1. The third kappa shape index (κ3) is 6.98. The Kier molecular flexibility index (Phi) is 10.2. The lowest BCUT2D eigenvalue weighted by Crippen LogP contribution is -2.01. The van der Waals surface area contributed by atoms with Gasteiger partial charge in [0.05, 0.1) is 23.8 Å². The molecule has 7 nitrogen and oxygen atoms in total. The van der Waals surface area contributed by atoms with Gasteiger partial charge in [0.15, 0.2) is 12.1 Å². The third-order valence-electron chi connectivity index (χ3n) is 3.43. The Morgan fingerprint density at radius 3 is 2.21 bits per heavy atom. The first-order chi connectivity index (χ1) is 13.6. The number of aromatic nitrogens is 3. The van der Waals surface area contributed by atoms with E-state index in [2.05, 4.69) is 20.3 Å². The van der Waals surface area contributed by atoms with Crippen LogP contribution in [0.25, 0.3) is 11.3 Å². The van der Waals surface area contributed by atoms with Crippen molar-refractivity contribution in [3.8, 4) is 11.3 Å². The molecule has 0 fully saturated rings. The molecule has 148 valence electrons. The smallest absolute Gasteiger partial charge is 0.172 e. The van der Waals surface area contributed by atoms with Crippen molar-refractivity contribution in [1.29, 1.82) is 0 Å². The fourth-order valence-electron chi connectivity index (χ4n) is 1.96. The van der Waals surface area contributed by atoms with Gasteiger partial charge >= 0.3 is 0 Å². The largest absolute Gasteiger partial charge is 0.387 e. The standard InChI is InChI=1S/C12H11N3O.C6H9N3S.C2H6/c1-8-2-4-9(5-3-8)10-6-14-12(13)11(7-16)15-10;1-8-5-2-3-6(10-7)9-4-5;1-2/h2-7H,1H3,(H2,13,14);2-4,8H,7H2,1H3;1-2H3. The summed E-state index contributed by atoms with van der Waals surface area (Å²) in [4.78, 5) is 22.8.